The monoisotopic (exact) mass is 271 g/mol. The number of fused-ring (bicyclic) bond motifs is 1. The van der Waals surface area contributed by atoms with Crippen LogP contribution in [0.5, 0.6) is 0 Å². The SMILES string of the molecule is Cc1nc(CNC(=O)c2c[nH]c3ccccc23)cs1. The van der Waals surface area contributed by atoms with E-state index in [1.165, 1.54) is 0 Å². The van der Waals surface area contributed by atoms with Crippen LogP contribution in [0.3, 0.4) is 0 Å². The van der Waals surface area contributed by atoms with Crippen molar-refractivity contribution in [3.8, 4) is 0 Å². The van der Waals surface area contributed by atoms with Crippen LogP contribution in [0.1, 0.15) is 21.1 Å². The lowest BCUT2D eigenvalue weighted by molar-refractivity contribution is 0.0952. The van der Waals surface area contributed by atoms with E-state index in [4.69, 9.17) is 0 Å². The van der Waals surface area contributed by atoms with Gasteiger partial charge in [0.25, 0.3) is 5.91 Å². The molecule has 0 saturated carbocycles. The minimum Gasteiger partial charge on any atom is -0.360 e. The largest absolute Gasteiger partial charge is 0.360 e. The van der Waals surface area contributed by atoms with E-state index in [0.717, 1.165) is 21.6 Å². The van der Waals surface area contributed by atoms with E-state index in [0.29, 0.717) is 12.1 Å². The van der Waals surface area contributed by atoms with E-state index in [1.54, 1.807) is 17.5 Å². The molecule has 2 N–H and O–H groups in total. The molecule has 0 aliphatic carbocycles. The molecule has 0 atom stereocenters. The zero-order valence-electron chi connectivity index (χ0n) is 10.4. The average Bonchev–Trinajstić information content (AvgIpc) is 3.02. The van der Waals surface area contributed by atoms with Crippen molar-refractivity contribution >= 4 is 28.1 Å². The minimum atomic E-state index is -0.0805. The molecule has 1 aromatic carbocycles. The molecule has 2 aromatic heterocycles. The molecule has 19 heavy (non-hydrogen) atoms. The Morgan fingerprint density at radius 2 is 2.26 bits per heavy atom. The summed E-state index contributed by atoms with van der Waals surface area (Å²) in [6.07, 6.45) is 1.74. The Bertz CT molecular complexity index is 729. The van der Waals surface area contributed by atoms with Crippen LogP contribution in [-0.4, -0.2) is 15.9 Å². The Labute approximate surface area is 114 Å². The van der Waals surface area contributed by atoms with E-state index >= 15 is 0 Å². The van der Waals surface area contributed by atoms with Gasteiger partial charge in [-0.25, -0.2) is 4.98 Å². The number of aryl methyl sites for hydroxylation is 1. The molecule has 0 unspecified atom stereocenters. The Morgan fingerprint density at radius 1 is 1.42 bits per heavy atom. The van der Waals surface area contributed by atoms with E-state index in [-0.39, 0.29) is 5.91 Å². The van der Waals surface area contributed by atoms with E-state index in [2.05, 4.69) is 15.3 Å². The lowest BCUT2D eigenvalue weighted by Gasteiger charge is -2.01. The fourth-order valence-electron chi connectivity index (χ4n) is 2.01. The first kappa shape index (κ1) is 11.9. The van der Waals surface area contributed by atoms with Crippen LogP contribution in [0.4, 0.5) is 0 Å². The number of H-pyrrole nitrogens is 1. The quantitative estimate of drug-likeness (QED) is 0.769. The second-order valence-corrected chi connectivity index (χ2v) is 5.35. The third kappa shape index (κ3) is 2.37. The van der Waals surface area contributed by atoms with Gasteiger partial charge in [0.1, 0.15) is 0 Å². The van der Waals surface area contributed by atoms with E-state index in [9.17, 15) is 4.79 Å². The number of thiazole rings is 1. The summed E-state index contributed by atoms with van der Waals surface area (Å²) in [6.45, 7) is 2.42. The van der Waals surface area contributed by atoms with Gasteiger partial charge in [-0.3, -0.25) is 4.79 Å². The first-order chi connectivity index (χ1) is 9.24. The van der Waals surface area contributed by atoms with Gasteiger partial charge in [-0.15, -0.1) is 11.3 Å². The number of carbonyl (C=O) groups is 1. The summed E-state index contributed by atoms with van der Waals surface area (Å²) in [6, 6.07) is 7.76. The van der Waals surface area contributed by atoms with Crippen molar-refractivity contribution in [1.82, 2.24) is 15.3 Å². The van der Waals surface area contributed by atoms with E-state index in [1.807, 2.05) is 36.6 Å². The number of amides is 1. The number of aromatic amines is 1. The molecule has 0 saturated heterocycles. The first-order valence-electron chi connectivity index (χ1n) is 5.99. The molecule has 0 fully saturated rings. The summed E-state index contributed by atoms with van der Waals surface area (Å²) in [5.41, 5.74) is 2.54. The van der Waals surface area contributed by atoms with Gasteiger partial charge in [0.2, 0.25) is 0 Å². The number of aromatic nitrogens is 2. The zero-order chi connectivity index (χ0) is 13.2. The molecule has 5 heteroatoms. The summed E-state index contributed by atoms with van der Waals surface area (Å²) < 4.78 is 0. The van der Waals surface area contributed by atoms with Crippen LogP contribution in [0.2, 0.25) is 0 Å². The first-order valence-corrected chi connectivity index (χ1v) is 6.87. The molecule has 4 nitrogen and oxygen atoms in total. The highest BCUT2D eigenvalue weighted by Gasteiger charge is 2.11. The predicted octanol–water partition coefficient (Wildman–Crippen LogP) is 2.86. The van der Waals surface area contributed by atoms with Gasteiger partial charge in [0.05, 0.1) is 22.8 Å². The normalized spacial score (nSPS) is 10.8. The Kier molecular flexibility index (Phi) is 3.05. The molecule has 0 aliphatic heterocycles. The maximum Gasteiger partial charge on any atom is 0.253 e. The van der Waals surface area contributed by atoms with Crippen LogP contribution in [-0.2, 0) is 6.54 Å². The number of benzene rings is 1. The summed E-state index contributed by atoms with van der Waals surface area (Å²) >= 11 is 1.59. The summed E-state index contributed by atoms with van der Waals surface area (Å²) in [5, 5.41) is 6.81. The maximum atomic E-state index is 12.1. The molecule has 0 spiro atoms. The number of carbonyl (C=O) groups excluding carboxylic acids is 1. The highest BCUT2D eigenvalue weighted by Crippen LogP contribution is 2.17. The second-order valence-electron chi connectivity index (χ2n) is 4.29. The minimum absolute atomic E-state index is 0.0805. The van der Waals surface area contributed by atoms with Gasteiger partial charge >= 0.3 is 0 Å². The molecule has 1 amide bonds. The molecule has 96 valence electrons. The molecule has 0 bridgehead atoms. The lowest BCUT2D eigenvalue weighted by Crippen LogP contribution is -2.22. The summed E-state index contributed by atoms with van der Waals surface area (Å²) in [5.74, 6) is -0.0805. The summed E-state index contributed by atoms with van der Waals surface area (Å²) in [7, 11) is 0. The van der Waals surface area contributed by atoms with Gasteiger partial charge in [-0.2, -0.15) is 0 Å². The Morgan fingerprint density at radius 3 is 3.05 bits per heavy atom. The van der Waals surface area contributed by atoms with Crippen molar-refractivity contribution in [1.29, 1.82) is 0 Å². The van der Waals surface area contributed by atoms with Crippen molar-refractivity contribution in [2.75, 3.05) is 0 Å². The third-order valence-electron chi connectivity index (χ3n) is 2.93. The van der Waals surface area contributed by atoms with Gasteiger partial charge in [-0.1, -0.05) is 18.2 Å². The Hall–Kier alpha value is -2.14. The van der Waals surface area contributed by atoms with Crippen molar-refractivity contribution < 1.29 is 4.79 Å². The average molecular weight is 271 g/mol. The Balaban J connectivity index is 1.77. The highest BCUT2D eigenvalue weighted by molar-refractivity contribution is 7.09. The zero-order valence-corrected chi connectivity index (χ0v) is 11.3. The van der Waals surface area contributed by atoms with Crippen LogP contribution in [0.25, 0.3) is 10.9 Å². The molecular formula is C14H13N3OS. The van der Waals surface area contributed by atoms with Crippen molar-refractivity contribution in [3.63, 3.8) is 0 Å². The smallest absolute Gasteiger partial charge is 0.253 e. The van der Waals surface area contributed by atoms with Gasteiger partial charge in [-0.05, 0) is 13.0 Å². The number of nitrogens with one attached hydrogen (secondary N) is 2. The third-order valence-corrected chi connectivity index (χ3v) is 3.75. The predicted molar refractivity (Wildman–Crippen MR) is 76.3 cm³/mol. The summed E-state index contributed by atoms with van der Waals surface area (Å²) in [4.78, 5) is 19.6. The highest BCUT2D eigenvalue weighted by atomic mass is 32.1. The molecule has 3 aromatic rings. The number of nitrogens with zero attached hydrogens (tertiary/aromatic N) is 1. The topological polar surface area (TPSA) is 57.8 Å². The molecule has 0 radical (unpaired) electrons. The maximum absolute atomic E-state index is 12.1. The van der Waals surface area contributed by atoms with Crippen LogP contribution >= 0.6 is 11.3 Å². The van der Waals surface area contributed by atoms with Crippen LogP contribution < -0.4 is 5.32 Å². The standard InChI is InChI=1S/C14H13N3OS/c1-9-17-10(8-19-9)6-16-14(18)12-7-15-13-5-3-2-4-11(12)13/h2-5,7-8,15H,6H2,1H3,(H,16,18). The lowest BCUT2D eigenvalue weighted by atomic mass is 10.1. The van der Waals surface area contributed by atoms with Crippen LogP contribution in [0, 0.1) is 6.92 Å². The molecular weight excluding hydrogens is 258 g/mol. The van der Waals surface area contributed by atoms with Crippen LogP contribution in [0.15, 0.2) is 35.8 Å². The number of para-hydroxylation sites is 1. The number of rotatable bonds is 3. The van der Waals surface area contributed by atoms with Crippen molar-refractivity contribution in [2.24, 2.45) is 0 Å². The fourth-order valence-corrected chi connectivity index (χ4v) is 2.63. The van der Waals surface area contributed by atoms with Gasteiger partial charge in [0.15, 0.2) is 0 Å². The molecule has 2 heterocycles. The number of hydrogen-bond acceptors (Lipinski definition) is 3. The number of hydrogen-bond donors (Lipinski definition) is 2. The van der Waals surface area contributed by atoms with Gasteiger partial charge < -0.3 is 10.3 Å². The molecule has 3 rings (SSSR count). The molecule has 0 aliphatic rings. The fraction of sp³-hybridized carbons (Fsp3) is 0.143. The second kappa shape index (κ2) is 4.85. The van der Waals surface area contributed by atoms with Gasteiger partial charge in [0, 0.05) is 22.5 Å². The van der Waals surface area contributed by atoms with Crippen molar-refractivity contribution in [3.05, 3.63) is 52.1 Å². The van der Waals surface area contributed by atoms with E-state index < -0.39 is 0 Å². The van der Waals surface area contributed by atoms with Crippen molar-refractivity contribution in [2.45, 2.75) is 13.5 Å².